The number of sulfonamides is 1. The predicted octanol–water partition coefficient (Wildman–Crippen LogP) is 3.80. The molecule has 1 aliphatic heterocycles. The number of carbonyl (C=O) groups is 1. The molecule has 4 rings (SSSR count). The molecule has 0 saturated heterocycles. The van der Waals surface area contributed by atoms with Gasteiger partial charge in [-0.05, 0) is 42.5 Å². The van der Waals surface area contributed by atoms with E-state index < -0.39 is 20.9 Å². The molecular weight excluding hydrogens is 434 g/mol. The first-order valence-corrected chi connectivity index (χ1v) is 11.0. The molecule has 1 heterocycles. The molecule has 0 aliphatic carbocycles. The van der Waals surface area contributed by atoms with Gasteiger partial charge in [0.1, 0.15) is 5.75 Å². The molecule has 1 aliphatic rings. The van der Waals surface area contributed by atoms with Crippen LogP contribution in [0.15, 0.2) is 71.6 Å². The van der Waals surface area contributed by atoms with Crippen molar-refractivity contribution < 1.29 is 22.9 Å². The number of anilines is 1. The Labute approximate surface area is 184 Å². The molecule has 1 amide bonds. The Morgan fingerprint density at radius 2 is 1.72 bits per heavy atom. The molecule has 3 aromatic rings. The maximum absolute atomic E-state index is 13.4. The first-order valence-electron chi connectivity index (χ1n) is 9.57. The van der Waals surface area contributed by atoms with E-state index in [1.165, 1.54) is 55.4 Å². The van der Waals surface area contributed by atoms with Crippen molar-refractivity contribution in [2.24, 2.45) is 0 Å². The third-order valence-electron chi connectivity index (χ3n) is 5.09. The lowest BCUT2D eigenvalue weighted by Crippen LogP contribution is -2.30. The van der Waals surface area contributed by atoms with Crippen LogP contribution in [0.1, 0.15) is 15.9 Å². The van der Waals surface area contributed by atoms with Crippen LogP contribution in [0.5, 0.6) is 11.5 Å². The van der Waals surface area contributed by atoms with Crippen LogP contribution < -0.4 is 9.64 Å². The summed E-state index contributed by atoms with van der Waals surface area (Å²) in [4.78, 5) is 25.3. The highest BCUT2D eigenvalue weighted by Gasteiger charge is 2.28. The zero-order valence-corrected chi connectivity index (χ0v) is 18.1. The number of ether oxygens (including phenoxy) is 1. The number of carbonyl (C=O) groups excluding carboxylic acids is 1. The molecule has 32 heavy (non-hydrogen) atoms. The fourth-order valence-electron chi connectivity index (χ4n) is 3.35. The first-order chi connectivity index (χ1) is 15.2. The normalized spacial score (nSPS) is 13.0. The third-order valence-corrected chi connectivity index (χ3v) is 6.90. The largest absolute Gasteiger partial charge is 0.455 e. The molecule has 0 fully saturated rings. The standard InChI is InChI=1S/C22H19N3O6S/c1-23(2)32(29,30)18-11-12-20-16(13-18)14-24(19-5-3-4-6-21(19)31-20)22(26)15-7-9-17(10-8-15)25(27)28/h3-13H,14H2,1-2H3. The van der Waals surface area contributed by atoms with Gasteiger partial charge in [0.05, 0.1) is 22.1 Å². The fraction of sp³-hybridized carbons (Fsp3) is 0.136. The molecule has 0 bridgehead atoms. The Balaban J connectivity index is 1.79. The van der Waals surface area contributed by atoms with E-state index in [9.17, 15) is 23.3 Å². The summed E-state index contributed by atoms with van der Waals surface area (Å²) in [6.07, 6.45) is 0. The molecular formula is C22H19N3O6S. The second-order valence-corrected chi connectivity index (χ2v) is 9.47. The summed E-state index contributed by atoms with van der Waals surface area (Å²) in [5.74, 6) is 0.476. The second-order valence-electron chi connectivity index (χ2n) is 7.32. The average molecular weight is 453 g/mol. The van der Waals surface area contributed by atoms with Crippen LogP contribution in [0.3, 0.4) is 0 Å². The number of hydrogen-bond donors (Lipinski definition) is 0. The van der Waals surface area contributed by atoms with Gasteiger partial charge in [0.25, 0.3) is 11.6 Å². The number of non-ortho nitro benzene ring substituents is 1. The van der Waals surface area contributed by atoms with E-state index in [0.29, 0.717) is 22.7 Å². The Morgan fingerprint density at radius 1 is 1.03 bits per heavy atom. The zero-order chi connectivity index (χ0) is 23.0. The van der Waals surface area contributed by atoms with Gasteiger partial charge in [-0.25, -0.2) is 12.7 Å². The number of hydrogen-bond acceptors (Lipinski definition) is 6. The number of benzene rings is 3. The first kappa shape index (κ1) is 21.5. The van der Waals surface area contributed by atoms with E-state index in [4.69, 9.17) is 4.74 Å². The van der Waals surface area contributed by atoms with E-state index in [2.05, 4.69) is 0 Å². The molecule has 0 radical (unpaired) electrons. The molecule has 0 unspecified atom stereocenters. The van der Waals surface area contributed by atoms with Gasteiger partial charge in [0.2, 0.25) is 10.0 Å². The summed E-state index contributed by atoms with van der Waals surface area (Å²) in [5, 5.41) is 10.9. The molecule has 0 saturated carbocycles. The summed E-state index contributed by atoms with van der Waals surface area (Å²) in [6.45, 7) is 0.0545. The van der Waals surface area contributed by atoms with E-state index in [1.54, 1.807) is 30.3 Å². The predicted molar refractivity (Wildman–Crippen MR) is 117 cm³/mol. The van der Waals surface area contributed by atoms with Crippen LogP contribution in [0, 0.1) is 10.1 Å². The zero-order valence-electron chi connectivity index (χ0n) is 17.3. The van der Waals surface area contributed by atoms with E-state index in [-0.39, 0.29) is 22.7 Å². The van der Waals surface area contributed by atoms with E-state index in [0.717, 1.165) is 4.31 Å². The number of nitrogens with zero attached hydrogens (tertiary/aromatic N) is 3. The van der Waals surface area contributed by atoms with Crippen molar-refractivity contribution in [2.45, 2.75) is 11.4 Å². The van der Waals surface area contributed by atoms with E-state index in [1.807, 2.05) is 0 Å². The Bertz CT molecular complexity index is 1320. The SMILES string of the molecule is CN(C)S(=O)(=O)c1ccc2c(c1)CN(C(=O)c1ccc([N+](=O)[O-])cc1)c1ccccc1O2. The minimum atomic E-state index is -3.68. The summed E-state index contributed by atoms with van der Waals surface area (Å²) in [5.41, 5.74) is 1.15. The third kappa shape index (κ3) is 3.81. The van der Waals surface area contributed by atoms with Crippen LogP contribution in [-0.4, -0.2) is 37.6 Å². The van der Waals surface area contributed by atoms with Crippen LogP contribution >= 0.6 is 0 Å². The van der Waals surface area contributed by atoms with Crippen molar-refractivity contribution in [3.05, 3.63) is 88.0 Å². The van der Waals surface area contributed by atoms with Gasteiger partial charge in [-0.3, -0.25) is 14.9 Å². The molecule has 164 valence electrons. The topological polar surface area (TPSA) is 110 Å². The minimum absolute atomic E-state index is 0.0545. The second kappa shape index (κ2) is 8.06. The summed E-state index contributed by atoms with van der Waals surface area (Å²) in [7, 11) is -0.798. The van der Waals surface area contributed by atoms with Gasteiger partial charge in [-0.2, -0.15) is 0 Å². The van der Waals surface area contributed by atoms with Gasteiger partial charge in [-0.15, -0.1) is 0 Å². The smallest absolute Gasteiger partial charge is 0.269 e. The highest BCUT2D eigenvalue weighted by Crippen LogP contribution is 2.40. The van der Waals surface area contributed by atoms with Crippen molar-refractivity contribution in [1.82, 2.24) is 4.31 Å². The molecule has 0 spiro atoms. The summed E-state index contributed by atoms with van der Waals surface area (Å²) >= 11 is 0. The number of para-hydroxylation sites is 2. The lowest BCUT2D eigenvalue weighted by atomic mass is 10.1. The number of fused-ring (bicyclic) bond motifs is 2. The van der Waals surface area contributed by atoms with Gasteiger partial charge >= 0.3 is 0 Å². The van der Waals surface area contributed by atoms with E-state index >= 15 is 0 Å². The van der Waals surface area contributed by atoms with Crippen molar-refractivity contribution in [1.29, 1.82) is 0 Å². The number of rotatable bonds is 4. The summed E-state index contributed by atoms with van der Waals surface area (Å²) in [6, 6.07) is 16.8. The molecule has 0 atom stereocenters. The maximum atomic E-state index is 13.4. The van der Waals surface area contributed by atoms with Crippen molar-refractivity contribution in [2.75, 3.05) is 19.0 Å². The minimum Gasteiger partial charge on any atom is -0.455 e. The lowest BCUT2D eigenvalue weighted by molar-refractivity contribution is -0.384. The highest BCUT2D eigenvalue weighted by molar-refractivity contribution is 7.89. The number of nitro groups is 1. The molecule has 3 aromatic carbocycles. The average Bonchev–Trinajstić information content (AvgIpc) is 2.94. The van der Waals surface area contributed by atoms with Crippen LogP contribution in [-0.2, 0) is 16.6 Å². The van der Waals surface area contributed by atoms with Gasteiger partial charge < -0.3 is 9.64 Å². The summed E-state index contributed by atoms with van der Waals surface area (Å²) < 4.78 is 32.3. The van der Waals surface area contributed by atoms with Crippen LogP contribution in [0.2, 0.25) is 0 Å². The molecule has 0 aromatic heterocycles. The molecule has 9 nitrogen and oxygen atoms in total. The van der Waals surface area contributed by atoms with Crippen LogP contribution in [0.25, 0.3) is 0 Å². The number of amides is 1. The monoisotopic (exact) mass is 453 g/mol. The fourth-order valence-corrected chi connectivity index (χ4v) is 4.31. The van der Waals surface area contributed by atoms with Crippen molar-refractivity contribution in [3.63, 3.8) is 0 Å². The molecule has 10 heteroatoms. The van der Waals surface area contributed by atoms with Crippen molar-refractivity contribution in [3.8, 4) is 11.5 Å². The Morgan fingerprint density at radius 3 is 2.38 bits per heavy atom. The highest BCUT2D eigenvalue weighted by atomic mass is 32.2. The Kier molecular flexibility index (Phi) is 5.41. The van der Waals surface area contributed by atoms with Gasteiger partial charge in [0.15, 0.2) is 5.75 Å². The van der Waals surface area contributed by atoms with Gasteiger partial charge in [-0.1, -0.05) is 12.1 Å². The quantitative estimate of drug-likeness (QED) is 0.439. The lowest BCUT2D eigenvalue weighted by Gasteiger charge is -2.22. The van der Waals surface area contributed by atoms with Gasteiger partial charge in [0, 0.05) is 37.4 Å². The molecule has 0 N–H and O–H groups in total. The van der Waals surface area contributed by atoms with Crippen LogP contribution in [0.4, 0.5) is 11.4 Å². The maximum Gasteiger partial charge on any atom is 0.269 e. The number of nitro benzene ring substituents is 1. The van der Waals surface area contributed by atoms with Crippen molar-refractivity contribution >= 4 is 27.3 Å². The Hall–Kier alpha value is -3.76.